The molecule has 0 aromatic rings. The molecule has 1 N–H and O–H groups in total. The average molecular weight is 308 g/mol. The highest BCUT2D eigenvalue weighted by atomic mass is 32.2. The van der Waals surface area contributed by atoms with E-state index in [1.807, 2.05) is 6.92 Å². The van der Waals surface area contributed by atoms with Crippen molar-refractivity contribution in [3.05, 3.63) is 0 Å². The second-order valence-corrected chi connectivity index (χ2v) is 7.43. The van der Waals surface area contributed by atoms with Gasteiger partial charge in [0.1, 0.15) is 0 Å². The van der Waals surface area contributed by atoms with Crippen molar-refractivity contribution < 1.29 is 8.42 Å². The molecule has 0 aliphatic rings. The minimum absolute atomic E-state index is 0.393. The van der Waals surface area contributed by atoms with Crippen LogP contribution in [-0.4, -0.2) is 56.8 Å². The molecule has 0 bridgehead atoms. The first-order chi connectivity index (χ1) is 9.39. The van der Waals surface area contributed by atoms with Gasteiger partial charge < -0.3 is 5.32 Å². The molecule has 20 heavy (non-hydrogen) atoms. The Hall–Kier alpha value is -0.170. The van der Waals surface area contributed by atoms with Gasteiger partial charge in [-0.3, -0.25) is 0 Å². The molecule has 0 aromatic heterocycles. The molecule has 6 heteroatoms. The maximum atomic E-state index is 12.5. The summed E-state index contributed by atoms with van der Waals surface area (Å²) in [5.41, 5.74) is 0. The molecule has 0 aliphatic heterocycles. The van der Waals surface area contributed by atoms with Crippen LogP contribution in [0.1, 0.15) is 47.0 Å². The number of hydrogen-bond donors (Lipinski definition) is 1. The Kier molecular flexibility index (Phi) is 10.5. The van der Waals surface area contributed by atoms with Crippen molar-refractivity contribution in [2.24, 2.45) is 5.92 Å². The Labute approximate surface area is 125 Å². The van der Waals surface area contributed by atoms with Gasteiger partial charge in [0.2, 0.25) is 0 Å². The van der Waals surface area contributed by atoms with E-state index in [0.29, 0.717) is 25.6 Å². The Morgan fingerprint density at radius 3 is 2.30 bits per heavy atom. The second kappa shape index (κ2) is 10.5. The summed E-state index contributed by atoms with van der Waals surface area (Å²) in [5, 5.41) is 3.29. The molecule has 0 saturated heterocycles. The van der Waals surface area contributed by atoms with Crippen molar-refractivity contribution in [3.63, 3.8) is 0 Å². The molecule has 1 unspecified atom stereocenters. The molecule has 0 rings (SSSR count). The van der Waals surface area contributed by atoms with Crippen LogP contribution in [0.4, 0.5) is 0 Å². The quantitative estimate of drug-likeness (QED) is 0.561. The van der Waals surface area contributed by atoms with Gasteiger partial charge in [0.05, 0.1) is 0 Å². The summed E-state index contributed by atoms with van der Waals surface area (Å²) in [5.74, 6) is 0.393. The van der Waals surface area contributed by atoms with Gasteiger partial charge in [-0.2, -0.15) is 17.0 Å². The zero-order chi connectivity index (χ0) is 15.6. The average Bonchev–Trinajstić information content (AvgIpc) is 2.43. The van der Waals surface area contributed by atoms with Crippen LogP contribution in [0.3, 0.4) is 0 Å². The lowest BCUT2D eigenvalue weighted by Gasteiger charge is -2.28. The smallest absolute Gasteiger partial charge is 0.281 e. The molecule has 0 fully saturated rings. The van der Waals surface area contributed by atoms with Gasteiger partial charge >= 0.3 is 0 Å². The maximum Gasteiger partial charge on any atom is 0.281 e. The molecular formula is C14H33N3O2S. The SMILES string of the molecule is CCCNCCCN(C)S(=O)(=O)N(CC)CC(C)CC. The third kappa shape index (κ3) is 7.02. The van der Waals surface area contributed by atoms with Gasteiger partial charge in [0, 0.05) is 26.7 Å². The van der Waals surface area contributed by atoms with Crippen LogP contribution in [0.25, 0.3) is 0 Å². The molecule has 0 heterocycles. The van der Waals surface area contributed by atoms with E-state index in [9.17, 15) is 8.42 Å². The fourth-order valence-electron chi connectivity index (χ4n) is 1.90. The summed E-state index contributed by atoms with van der Waals surface area (Å²) in [7, 11) is -1.64. The first-order valence-corrected chi connectivity index (χ1v) is 9.21. The van der Waals surface area contributed by atoms with Crippen LogP contribution < -0.4 is 5.32 Å². The second-order valence-electron chi connectivity index (χ2n) is 5.40. The van der Waals surface area contributed by atoms with Gasteiger partial charge in [-0.05, 0) is 31.8 Å². The normalized spacial score (nSPS) is 14.2. The van der Waals surface area contributed by atoms with E-state index in [4.69, 9.17) is 0 Å². The highest BCUT2D eigenvalue weighted by molar-refractivity contribution is 7.86. The zero-order valence-electron chi connectivity index (χ0n) is 13.9. The van der Waals surface area contributed by atoms with Gasteiger partial charge in [-0.25, -0.2) is 0 Å². The van der Waals surface area contributed by atoms with Gasteiger partial charge in [-0.15, -0.1) is 0 Å². The molecule has 1 atom stereocenters. The summed E-state index contributed by atoms with van der Waals surface area (Å²) in [6, 6.07) is 0. The minimum Gasteiger partial charge on any atom is -0.317 e. The van der Waals surface area contributed by atoms with Crippen LogP contribution in [0.5, 0.6) is 0 Å². The molecule has 0 aromatic carbocycles. The van der Waals surface area contributed by atoms with E-state index in [1.54, 1.807) is 11.4 Å². The van der Waals surface area contributed by atoms with Gasteiger partial charge in [-0.1, -0.05) is 34.1 Å². The summed E-state index contributed by atoms with van der Waals surface area (Å²) < 4.78 is 28.0. The lowest BCUT2D eigenvalue weighted by Crippen LogP contribution is -2.44. The Bertz CT molecular complexity index is 333. The van der Waals surface area contributed by atoms with E-state index < -0.39 is 10.2 Å². The van der Waals surface area contributed by atoms with Crippen LogP contribution in [0.15, 0.2) is 0 Å². The lowest BCUT2D eigenvalue weighted by molar-refractivity contribution is 0.327. The number of rotatable bonds is 12. The molecule has 0 aliphatic carbocycles. The van der Waals surface area contributed by atoms with Gasteiger partial charge in [0.15, 0.2) is 0 Å². The fourth-order valence-corrected chi connectivity index (χ4v) is 3.43. The molecule has 5 nitrogen and oxygen atoms in total. The highest BCUT2D eigenvalue weighted by Gasteiger charge is 2.26. The monoisotopic (exact) mass is 307 g/mol. The molecule has 0 amide bonds. The van der Waals surface area contributed by atoms with Crippen molar-refractivity contribution in [2.75, 3.05) is 39.8 Å². The summed E-state index contributed by atoms with van der Waals surface area (Å²) in [6.45, 7) is 11.8. The number of nitrogens with zero attached hydrogens (tertiary/aromatic N) is 2. The van der Waals surface area contributed by atoms with Crippen molar-refractivity contribution in [2.45, 2.75) is 47.0 Å². The number of hydrogen-bond acceptors (Lipinski definition) is 3. The maximum absolute atomic E-state index is 12.5. The predicted molar refractivity (Wildman–Crippen MR) is 86.0 cm³/mol. The third-order valence-corrected chi connectivity index (χ3v) is 5.57. The van der Waals surface area contributed by atoms with Crippen molar-refractivity contribution in [1.82, 2.24) is 13.9 Å². The summed E-state index contributed by atoms with van der Waals surface area (Å²) in [4.78, 5) is 0. The zero-order valence-corrected chi connectivity index (χ0v) is 14.7. The molecule has 122 valence electrons. The van der Waals surface area contributed by atoms with Crippen LogP contribution >= 0.6 is 0 Å². The van der Waals surface area contributed by atoms with Crippen LogP contribution in [0.2, 0.25) is 0 Å². The third-order valence-electron chi connectivity index (χ3n) is 3.54. The Balaban J connectivity index is 4.35. The fraction of sp³-hybridized carbons (Fsp3) is 1.00. The molecule has 0 spiro atoms. The largest absolute Gasteiger partial charge is 0.317 e. The predicted octanol–water partition coefficient (Wildman–Crippen LogP) is 1.92. The van der Waals surface area contributed by atoms with Crippen LogP contribution in [-0.2, 0) is 10.2 Å². The molecule has 0 saturated carbocycles. The molecule has 0 radical (unpaired) electrons. The van der Waals surface area contributed by atoms with Crippen molar-refractivity contribution in [3.8, 4) is 0 Å². The van der Waals surface area contributed by atoms with E-state index in [-0.39, 0.29) is 0 Å². The topological polar surface area (TPSA) is 52.7 Å². The first-order valence-electron chi connectivity index (χ1n) is 7.82. The Morgan fingerprint density at radius 2 is 1.80 bits per heavy atom. The van der Waals surface area contributed by atoms with E-state index in [1.165, 1.54) is 4.31 Å². The van der Waals surface area contributed by atoms with E-state index in [2.05, 4.69) is 26.1 Å². The first kappa shape index (κ1) is 19.8. The summed E-state index contributed by atoms with van der Waals surface area (Å²) in [6.07, 6.45) is 2.94. The van der Waals surface area contributed by atoms with Gasteiger partial charge in [0.25, 0.3) is 10.2 Å². The molecular weight excluding hydrogens is 274 g/mol. The highest BCUT2D eigenvalue weighted by Crippen LogP contribution is 2.11. The lowest BCUT2D eigenvalue weighted by atomic mass is 10.1. The minimum atomic E-state index is -3.31. The van der Waals surface area contributed by atoms with E-state index >= 15 is 0 Å². The standard InChI is InChI=1S/C14H33N3O2S/c1-6-10-15-11-9-12-16(5)20(18,19)17(8-3)13-14(4)7-2/h14-15H,6-13H2,1-5H3. The van der Waals surface area contributed by atoms with Crippen molar-refractivity contribution >= 4 is 10.2 Å². The Morgan fingerprint density at radius 1 is 1.15 bits per heavy atom. The van der Waals surface area contributed by atoms with Crippen LogP contribution in [0, 0.1) is 5.92 Å². The number of nitrogens with one attached hydrogen (secondary N) is 1. The van der Waals surface area contributed by atoms with Crippen molar-refractivity contribution in [1.29, 1.82) is 0 Å². The van der Waals surface area contributed by atoms with E-state index in [0.717, 1.165) is 32.4 Å². The summed E-state index contributed by atoms with van der Waals surface area (Å²) >= 11 is 0.